The van der Waals surface area contributed by atoms with Gasteiger partial charge in [0.2, 0.25) is 5.91 Å². The Balaban J connectivity index is 1.65. The van der Waals surface area contributed by atoms with Gasteiger partial charge in [-0.05, 0) is 48.5 Å². The molecule has 3 amide bonds. The van der Waals surface area contributed by atoms with Crippen LogP contribution in [0.2, 0.25) is 0 Å². The number of furan rings is 1. The van der Waals surface area contributed by atoms with E-state index in [1.54, 1.807) is 36.4 Å². The number of hydrogen-bond donors (Lipinski definition) is 0. The third kappa shape index (κ3) is 4.31. The van der Waals surface area contributed by atoms with Gasteiger partial charge in [-0.15, -0.1) is 0 Å². The highest BCUT2D eigenvalue weighted by atomic mass is 16.6. The monoisotopic (exact) mass is 449 g/mol. The van der Waals surface area contributed by atoms with Gasteiger partial charge in [0.05, 0.1) is 36.9 Å². The van der Waals surface area contributed by atoms with Crippen LogP contribution in [-0.2, 0) is 16.1 Å². The van der Waals surface area contributed by atoms with Crippen molar-refractivity contribution in [3.8, 4) is 5.75 Å². The number of hydrogen-bond acceptors (Lipinski definition) is 7. The fraction of sp³-hybridized carbons (Fsp3) is 0.174. The number of non-ortho nitro benzene ring substituents is 1. The molecule has 1 fully saturated rings. The van der Waals surface area contributed by atoms with Crippen LogP contribution in [0.5, 0.6) is 5.75 Å². The Morgan fingerprint density at radius 1 is 1.15 bits per heavy atom. The fourth-order valence-corrected chi connectivity index (χ4v) is 3.65. The summed E-state index contributed by atoms with van der Waals surface area (Å²) < 4.78 is 10.5. The van der Waals surface area contributed by atoms with Gasteiger partial charge in [0.1, 0.15) is 17.6 Å². The predicted octanol–water partition coefficient (Wildman–Crippen LogP) is 3.17. The summed E-state index contributed by atoms with van der Waals surface area (Å²) in [6.45, 7) is -0.0526. The molecule has 1 atom stereocenters. The number of nitrogens with zero attached hydrogens (tertiary/aromatic N) is 3. The van der Waals surface area contributed by atoms with Crippen molar-refractivity contribution in [2.45, 2.75) is 19.0 Å². The van der Waals surface area contributed by atoms with Crippen LogP contribution in [0.15, 0.2) is 71.3 Å². The maximum absolute atomic E-state index is 13.3. The van der Waals surface area contributed by atoms with E-state index in [1.807, 2.05) is 0 Å². The van der Waals surface area contributed by atoms with E-state index in [-0.39, 0.29) is 24.2 Å². The molecule has 1 unspecified atom stereocenters. The molecule has 0 saturated carbocycles. The average Bonchev–Trinajstić information content (AvgIpc) is 3.44. The van der Waals surface area contributed by atoms with Gasteiger partial charge in [-0.2, -0.15) is 0 Å². The zero-order valence-electron chi connectivity index (χ0n) is 17.5. The molecule has 1 aliphatic rings. The summed E-state index contributed by atoms with van der Waals surface area (Å²) in [7, 11) is 1.51. The molecule has 2 heterocycles. The molecular weight excluding hydrogens is 430 g/mol. The van der Waals surface area contributed by atoms with Crippen LogP contribution in [0.3, 0.4) is 0 Å². The molecular formula is C23H19N3O7. The standard InChI is InChI=1S/C23H19N3O7/c1-32-18-10-8-16(9-11-18)25-21(27)13-20(23(25)29)24(14-19-3-2-12-33-19)22(28)15-4-6-17(7-5-15)26(30)31/h2-12,20H,13-14H2,1H3. The van der Waals surface area contributed by atoms with Crippen LogP contribution in [-0.4, -0.2) is 40.7 Å². The number of anilines is 1. The molecule has 1 aromatic heterocycles. The number of rotatable bonds is 7. The molecule has 168 valence electrons. The Labute approximate surface area is 188 Å². The zero-order chi connectivity index (χ0) is 23.5. The van der Waals surface area contributed by atoms with Gasteiger partial charge in [0.15, 0.2) is 0 Å². The molecule has 33 heavy (non-hydrogen) atoms. The van der Waals surface area contributed by atoms with Crippen LogP contribution < -0.4 is 9.64 Å². The number of amides is 3. The highest BCUT2D eigenvalue weighted by molar-refractivity contribution is 6.23. The molecule has 1 aliphatic heterocycles. The maximum atomic E-state index is 13.3. The van der Waals surface area contributed by atoms with Crippen LogP contribution >= 0.6 is 0 Å². The number of methoxy groups -OCH3 is 1. The van der Waals surface area contributed by atoms with Crippen molar-refractivity contribution in [1.29, 1.82) is 0 Å². The van der Waals surface area contributed by atoms with Crippen molar-refractivity contribution in [3.05, 3.63) is 88.4 Å². The van der Waals surface area contributed by atoms with E-state index < -0.39 is 28.7 Å². The third-order valence-corrected chi connectivity index (χ3v) is 5.32. The number of nitro benzene ring substituents is 1. The molecule has 10 heteroatoms. The van der Waals surface area contributed by atoms with Crippen LogP contribution in [0.25, 0.3) is 0 Å². The molecule has 0 radical (unpaired) electrons. The summed E-state index contributed by atoms with van der Waals surface area (Å²) in [5.74, 6) is -0.553. The SMILES string of the molecule is COc1ccc(N2C(=O)CC(N(Cc3ccco3)C(=O)c3ccc([N+](=O)[O-])cc3)C2=O)cc1. The number of imide groups is 1. The van der Waals surface area contributed by atoms with Crippen LogP contribution in [0.4, 0.5) is 11.4 Å². The summed E-state index contributed by atoms with van der Waals surface area (Å²) in [6, 6.07) is 13.7. The lowest BCUT2D eigenvalue weighted by Crippen LogP contribution is -2.45. The third-order valence-electron chi connectivity index (χ3n) is 5.32. The first-order chi connectivity index (χ1) is 15.9. The van der Waals surface area contributed by atoms with E-state index in [2.05, 4.69) is 0 Å². The van der Waals surface area contributed by atoms with Gasteiger partial charge in [0, 0.05) is 17.7 Å². The first kappa shape index (κ1) is 21.8. The van der Waals surface area contributed by atoms with E-state index in [1.165, 1.54) is 42.5 Å². The number of carbonyl (C=O) groups is 3. The Morgan fingerprint density at radius 3 is 2.42 bits per heavy atom. The fourth-order valence-electron chi connectivity index (χ4n) is 3.65. The lowest BCUT2D eigenvalue weighted by atomic mass is 10.1. The molecule has 2 aromatic carbocycles. The first-order valence-electron chi connectivity index (χ1n) is 9.97. The molecule has 3 aromatic rings. The first-order valence-corrected chi connectivity index (χ1v) is 9.97. The van der Waals surface area contributed by atoms with Gasteiger partial charge in [-0.3, -0.25) is 24.5 Å². The van der Waals surface area contributed by atoms with Crippen molar-refractivity contribution < 1.29 is 28.5 Å². The Bertz CT molecular complexity index is 1190. The molecule has 10 nitrogen and oxygen atoms in total. The number of benzene rings is 2. The summed E-state index contributed by atoms with van der Waals surface area (Å²) in [5, 5.41) is 10.9. The number of carbonyl (C=O) groups excluding carboxylic acids is 3. The molecule has 0 spiro atoms. The van der Waals surface area contributed by atoms with Crippen LogP contribution in [0.1, 0.15) is 22.5 Å². The van der Waals surface area contributed by atoms with Gasteiger partial charge in [0.25, 0.3) is 17.5 Å². The largest absolute Gasteiger partial charge is 0.497 e. The van der Waals surface area contributed by atoms with Crippen molar-refractivity contribution in [3.63, 3.8) is 0 Å². The summed E-state index contributed by atoms with van der Waals surface area (Å²) >= 11 is 0. The Morgan fingerprint density at radius 2 is 1.85 bits per heavy atom. The number of ether oxygens (including phenoxy) is 1. The van der Waals surface area contributed by atoms with E-state index in [4.69, 9.17) is 9.15 Å². The number of nitro groups is 1. The quantitative estimate of drug-likeness (QED) is 0.308. The second kappa shape index (κ2) is 8.95. The lowest BCUT2D eigenvalue weighted by molar-refractivity contribution is -0.384. The van der Waals surface area contributed by atoms with E-state index in [0.717, 1.165) is 4.90 Å². The summed E-state index contributed by atoms with van der Waals surface area (Å²) in [4.78, 5) is 52.0. The predicted molar refractivity (Wildman–Crippen MR) is 116 cm³/mol. The van der Waals surface area contributed by atoms with Crippen molar-refractivity contribution >= 4 is 29.1 Å². The van der Waals surface area contributed by atoms with Gasteiger partial charge >= 0.3 is 0 Å². The van der Waals surface area contributed by atoms with Gasteiger partial charge in [-0.1, -0.05) is 0 Å². The summed E-state index contributed by atoms with van der Waals surface area (Å²) in [6.07, 6.45) is 1.24. The Kier molecular flexibility index (Phi) is 5.90. The Hall–Kier alpha value is -4.47. The van der Waals surface area contributed by atoms with Crippen molar-refractivity contribution in [2.75, 3.05) is 12.0 Å². The topological polar surface area (TPSA) is 123 Å². The maximum Gasteiger partial charge on any atom is 0.269 e. The smallest absolute Gasteiger partial charge is 0.269 e. The highest BCUT2D eigenvalue weighted by Gasteiger charge is 2.44. The minimum Gasteiger partial charge on any atom is -0.497 e. The van der Waals surface area contributed by atoms with Crippen molar-refractivity contribution in [1.82, 2.24) is 4.90 Å². The average molecular weight is 449 g/mol. The van der Waals surface area contributed by atoms with Gasteiger partial charge < -0.3 is 14.1 Å². The zero-order valence-corrected chi connectivity index (χ0v) is 17.5. The molecule has 0 bridgehead atoms. The lowest BCUT2D eigenvalue weighted by Gasteiger charge is -2.27. The van der Waals surface area contributed by atoms with E-state index in [0.29, 0.717) is 17.2 Å². The van der Waals surface area contributed by atoms with E-state index in [9.17, 15) is 24.5 Å². The molecule has 0 N–H and O–H groups in total. The normalized spacial score (nSPS) is 15.5. The second-order valence-corrected chi connectivity index (χ2v) is 7.30. The second-order valence-electron chi connectivity index (χ2n) is 7.30. The molecule has 0 aliphatic carbocycles. The minimum absolute atomic E-state index is 0.0526. The molecule has 4 rings (SSSR count). The van der Waals surface area contributed by atoms with Crippen LogP contribution in [0, 0.1) is 10.1 Å². The van der Waals surface area contributed by atoms with Crippen molar-refractivity contribution in [2.24, 2.45) is 0 Å². The van der Waals surface area contributed by atoms with E-state index >= 15 is 0 Å². The summed E-state index contributed by atoms with van der Waals surface area (Å²) in [5.41, 5.74) is 0.353. The van der Waals surface area contributed by atoms with Gasteiger partial charge in [-0.25, -0.2) is 4.90 Å². The molecule has 1 saturated heterocycles. The highest BCUT2D eigenvalue weighted by Crippen LogP contribution is 2.29. The minimum atomic E-state index is -1.06.